The maximum atomic E-state index is 14.0. The molecule has 292 valence electrons. The zero-order valence-electron chi connectivity index (χ0n) is 33.8. The van der Waals surface area contributed by atoms with Gasteiger partial charge in [-0.15, -0.1) is 0 Å². The molecule has 0 N–H and O–H groups in total. The van der Waals surface area contributed by atoms with E-state index in [-0.39, 0.29) is 5.82 Å². The highest BCUT2D eigenvalue weighted by atomic mass is 19.1. The standard InChI is InChI=1S/C59H39FN2/c60-46-28-31-48(32-29-46)61(47-18-8-3-9-19-47)49-30-26-41-36-40(24-25-42(41)37-49)43-27-35-58-54(38-43)53-21-11-13-23-57(53)62(58)50-33-34-52-51-20-10-12-22-55(51)59(56(52)39-50,44-14-4-1-5-15-44)45-16-6-2-7-17-45/h1-39H. The molecule has 0 saturated carbocycles. The van der Waals surface area contributed by atoms with Gasteiger partial charge in [0, 0.05) is 33.5 Å². The number of aromatic nitrogens is 1. The molecular formula is C59H39FN2. The van der Waals surface area contributed by atoms with Gasteiger partial charge in [-0.2, -0.15) is 0 Å². The van der Waals surface area contributed by atoms with Crippen LogP contribution in [0, 0.1) is 5.82 Å². The summed E-state index contributed by atoms with van der Waals surface area (Å²) in [5.74, 6) is -0.251. The van der Waals surface area contributed by atoms with E-state index in [4.69, 9.17) is 0 Å². The molecule has 2 nitrogen and oxygen atoms in total. The van der Waals surface area contributed by atoms with Crippen molar-refractivity contribution in [1.29, 1.82) is 0 Å². The number of nitrogens with zero attached hydrogens (tertiary/aromatic N) is 2. The highest BCUT2D eigenvalue weighted by Gasteiger charge is 2.46. The van der Waals surface area contributed by atoms with Crippen LogP contribution in [0.2, 0.25) is 0 Å². The lowest BCUT2D eigenvalue weighted by atomic mass is 9.67. The lowest BCUT2D eigenvalue weighted by Gasteiger charge is -2.34. The molecule has 1 heterocycles. The summed E-state index contributed by atoms with van der Waals surface area (Å²) in [5, 5.41) is 4.72. The highest BCUT2D eigenvalue weighted by molar-refractivity contribution is 6.11. The molecule has 0 radical (unpaired) electrons. The number of hydrogen-bond donors (Lipinski definition) is 0. The van der Waals surface area contributed by atoms with Crippen LogP contribution in [-0.2, 0) is 5.41 Å². The van der Waals surface area contributed by atoms with Gasteiger partial charge in [-0.25, -0.2) is 4.39 Å². The van der Waals surface area contributed by atoms with Crippen molar-refractivity contribution >= 4 is 49.6 Å². The lowest BCUT2D eigenvalue weighted by Crippen LogP contribution is -2.28. The van der Waals surface area contributed by atoms with Crippen LogP contribution in [0.3, 0.4) is 0 Å². The van der Waals surface area contributed by atoms with Gasteiger partial charge in [-0.3, -0.25) is 0 Å². The van der Waals surface area contributed by atoms with E-state index in [9.17, 15) is 4.39 Å². The number of anilines is 3. The molecule has 1 aliphatic rings. The smallest absolute Gasteiger partial charge is 0.123 e. The SMILES string of the molecule is Fc1ccc(N(c2ccccc2)c2ccc3cc(-c4ccc5c(c4)c4ccccc4n5-c4ccc5c(c4)C(c4ccccc4)(c4ccccc4)c4ccccc4-5)ccc3c2)cc1. The second-order valence-electron chi connectivity index (χ2n) is 16.2. The van der Waals surface area contributed by atoms with Gasteiger partial charge in [0.1, 0.15) is 5.82 Å². The summed E-state index contributed by atoms with van der Waals surface area (Å²) in [5.41, 5.74) is 15.9. The monoisotopic (exact) mass is 794 g/mol. The van der Waals surface area contributed by atoms with Gasteiger partial charge in [-0.1, -0.05) is 152 Å². The van der Waals surface area contributed by atoms with E-state index in [2.05, 4.69) is 204 Å². The Hall–Kier alpha value is -8.01. The number of para-hydroxylation sites is 2. The Morgan fingerprint density at radius 3 is 1.71 bits per heavy atom. The van der Waals surface area contributed by atoms with Crippen molar-refractivity contribution < 1.29 is 4.39 Å². The quantitative estimate of drug-likeness (QED) is 0.156. The van der Waals surface area contributed by atoms with Crippen molar-refractivity contribution in [1.82, 2.24) is 4.57 Å². The molecule has 0 fully saturated rings. The number of benzene rings is 10. The fourth-order valence-electron chi connectivity index (χ4n) is 10.2. The molecule has 62 heavy (non-hydrogen) atoms. The van der Waals surface area contributed by atoms with Crippen molar-refractivity contribution in [3.63, 3.8) is 0 Å². The van der Waals surface area contributed by atoms with Gasteiger partial charge in [0.05, 0.1) is 16.4 Å². The van der Waals surface area contributed by atoms with Gasteiger partial charge >= 0.3 is 0 Å². The van der Waals surface area contributed by atoms with Crippen LogP contribution in [0.25, 0.3) is 60.5 Å². The molecular weight excluding hydrogens is 756 g/mol. The van der Waals surface area contributed by atoms with Gasteiger partial charge in [0.2, 0.25) is 0 Å². The van der Waals surface area contributed by atoms with Crippen LogP contribution in [0.5, 0.6) is 0 Å². The minimum atomic E-state index is -0.478. The van der Waals surface area contributed by atoms with E-state index >= 15 is 0 Å². The normalized spacial score (nSPS) is 12.7. The Morgan fingerprint density at radius 2 is 0.935 bits per heavy atom. The van der Waals surface area contributed by atoms with Crippen LogP contribution < -0.4 is 4.90 Å². The molecule has 0 spiro atoms. The first-order chi connectivity index (χ1) is 30.6. The third-order valence-electron chi connectivity index (χ3n) is 12.9. The Kier molecular flexibility index (Phi) is 8.29. The summed E-state index contributed by atoms with van der Waals surface area (Å²) in [4.78, 5) is 2.17. The summed E-state index contributed by atoms with van der Waals surface area (Å²) < 4.78 is 16.4. The average Bonchev–Trinajstić information content (AvgIpc) is 3.83. The van der Waals surface area contributed by atoms with E-state index in [1.54, 1.807) is 0 Å². The molecule has 0 atom stereocenters. The van der Waals surface area contributed by atoms with Crippen LogP contribution in [0.1, 0.15) is 22.3 Å². The fraction of sp³-hybridized carbons (Fsp3) is 0.0169. The minimum Gasteiger partial charge on any atom is -0.310 e. The van der Waals surface area contributed by atoms with Crippen LogP contribution >= 0.6 is 0 Å². The summed E-state index contributed by atoms with van der Waals surface area (Å²) >= 11 is 0. The number of rotatable bonds is 7. The third-order valence-corrected chi connectivity index (χ3v) is 12.9. The van der Waals surface area contributed by atoms with Crippen LogP contribution in [0.15, 0.2) is 237 Å². The number of fused-ring (bicyclic) bond motifs is 7. The first-order valence-electron chi connectivity index (χ1n) is 21.2. The van der Waals surface area contributed by atoms with E-state index in [0.29, 0.717) is 0 Å². The first-order valence-corrected chi connectivity index (χ1v) is 21.2. The topological polar surface area (TPSA) is 8.17 Å². The fourth-order valence-corrected chi connectivity index (χ4v) is 10.2. The molecule has 10 aromatic carbocycles. The van der Waals surface area contributed by atoms with E-state index in [1.807, 2.05) is 30.3 Å². The molecule has 12 rings (SSSR count). The molecule has 0 amide bonds. The molecule has 11 aromatic rings. The molecule has 0 bridgehead atoms. The van der Waals surface area contributed by atoms with Crippen molar-refractivity contribution in [2.75, 3.05) is 4.90 Å². The third kappa shape index (κ3) is 5.56. The van der Waals surface area contributed by atoms with E-state index in [0.717, 1.165) is 39.1 Å². The van der Waals surface area contributed by atoms with Gasteiger partial charge in [0.15, 0.2) is 0 Å². The molecule has 1 aromatic heterocycles. The Labute approximate surface area is 360 Å². The molecule has 0 aliphatic heterocycles. The van der Waals surface area contributed by atoms with Crippen molar-refractivity contribution in [2.24, 2.45) is 0 Å². The zero-order chi connectivity index (χ0) is 41.2. The predicted molar refractivity (Wildman–Crippen MR) is 256 cm³/mol. The average molecular weight is 795 g/mol. The van der Waals surface area contributed by atoms with Crippen LogP contribution in [0.4, 0.5) is 21.5 Å². The summed E-state index contributed by atoms with van der Waals surface area (Å²) in [6, 6.07) is 83.9. The van der Waals surface area contributed by atoms with Crippen LogP contribution in [-0.4, -0.2) is 4.57 Å². The second kappa shape index (κ2) is 14.3. The minimum absolute atomic E-state index is 0.251. The largest absolute Gasteiger partial charge is 0.310 e. The molecule has 0 unspecified atom stereocenters. The zero-order valence-corrected chi connectivity index (χ0v) is 33.8. The second-order valence-corrected chi connectivity index (χ2v) is 16.2. The van der Waals surface area contributed by atoms with E-state index < -0.39 is 5.41 Å². The van der Waals surface area contributed by atoms with E-state index in [1.165, 1.54) is 72.9 Å². The first kappa shape index (κ1) is 35.9. The Morgan fingerprint density at radius 1 is 0.371 bits per heavy atom. The molecule has 0 saturated heterocycles. The predicted octanol–water partition coefficient (Wildman–Crippen LogP) is 15.6. The summed E-state index contributed by atoms with van der Waals surface area (Å²) in [7, 11) is 0. The Balaban J connectivity index is 0.981. The molecule has 1 aliphatic carbocycles. The van der Waals surface area contributed by atoms with Gasteiger partial charge in [0.25, 0.3) is 0 Å². The summed E-state index contributed by atoms with van der Waals surface area (Å²) in [6.45, 7) is 0. The maximum Gasteiger partial charge on any atom is 0.123 e. The maximum absolute atomic E-state index is 14.0. The van der Waals surface area contributed by atoms with Crippen molar-refractivity contribution in [3.8, 4) is 27.9 Å². The lowest BCUT2D eigenvalue weighted by molar-refractivity contribution is 0.628. The van der Waals surface area contributed by atoms with Gasteiger partial charge in [-0.05, 0) is 140 Å². The molecule has 3 heteroatoms. The Bertz CT molecular complexity index is 3420. The number of hydrogen-bond acceptors (Lipinski definition) is 1. The summed E-state index contributed by atoms with van der Waals surface area (Å²) in [6.07, 6.45) is 0. The number of halogens is 1. The van der Waals surface area contributed by atoms with Crippen molar-refractivity contribution in [2.45, 2.75) is 5.41 Å². The van der Waals surface area contributed by atoms with Gasteiger partial charge < -0.3 is 9.47 Å². The highest BCUT2D eigenvalue weighted by Crippen LogP contribution is 2.56. The van der Waals surface area contributed by atoms with Crippen molar-refractivity contribution in [3.05, 3.63) is 265 Å².